The molecule has 0 saturated heterocycles. The van der Waals surface area contributed by atoms with Crippen LogP contribution in [-0.4, -0.2) is 11.4 Å². The molecule has 0 aromatic carbocycles. The Kier molecular flexibility index (Phi) is 2.33. The molecule has 1 rings (SSSR count). The van der Waals surface area contributed by atoms with E-state index in [-0.39, 0.29) is 5.54 Å². The van der Waals surface area contributed by atoms with Crippen molar-refractivity contribution in [1.82, 2.24) is 0 Å². The minimum Gasteiger partial charge on any atom is -0.442 e. The van der Waals surface area contributed by atoms with Crippen molar-refractivity contribution in [3.8, 4) is 0 Å². The number of nitrogens with zero attached hydrogens (tertiary/aromatic N) is 1. The van der Waals surface area contributed by atoms with Gasteiger partial charge in [-0.3, -0.25) is 0 Å². The van der Waals surface area contributed by atoms with Crippen LogP contribution in [0.5, 0.6) is 0 Å². The minimum absolute atomic E-state index is 0.272. The van der Waals surface area contributed by atoms with Gasteiger partial charge in [-0.15, -0.1) is 0 Å². The Morgan fingerprint density at radius 3 is 2.15 bits per heavy atom. The summed E-state index contributed by atoms with van der Waals surface area (Å²) in [5.41, 5.74) is 2.06. The largest absolute Gasteiger partial charge is 0.442 e. The average molecular weight is 179 g/mol. The van der Waals surface area contributed by atoms with Gasteiger partial charge in [0, 0.05) is 5.57 Å². The zero-order valence-electron chi connectivity index (χ0n) is 9.06. The highest BCUT2D eigenvalue weighted by Crippen LogP contribution is 2.29. The summed E-state index contributed by atoms with van der Waals surface area (Å²) in [7, 11) is 0. The van der Waals surface area contributed by atoms with Crippen LogP contribution in [0.15, 0.2) is 28.5 Å². The van der Waals surface area contributed by atoms with Crippen LogP contribution < -0.4 is 0 Å². The minimum atomic E-state index is -0.272. The van der Waals surface area contributed by atoms with E-state index in [0.717, 1.165) is 17.2 Å². The van der Waals surface area contributed by atoms with Gasteiger partial charge in [-0.2, -0.15) is 0 Å². The molecule has 1 aliphatic rings. The summed E-state index contributed by atoms with van der Waals surface area (Å²) in [6.07, 6.45) is 0. The first kappa shape index (κ1) is 10.0. The maximum absolute atomic E-state index is 5.50. The van der Waals surface area contributed by atoms with Crippen LogP contribution in [-0.2, 0) is 4.74 Å². The number of hydrogen-bond acceptors (Lipinski definition) is 2. The molecule has 0 amide bonds. The van der Waals surface area contributed by atoms with Crippen molar-refractivity contribution >= 4 is 5.90 Å². The molecule has 0 N–H and O–H groups in total. The van der Waals surface area contributed by atoms with Gasteiger partial charge >= 0.3 is 0 Å². The lowest BCUT2D eigenvalue weighted by Gasteiger charge is -2.11. The second-order valence-electron chi connectivity index (χ2n) is 4.13. The van der Waals surface area contributed by atoms with Crippen LogP contribution in [0.4, 0.5) is 0 Å². The van der Waals surface area contributed by atoms with Crippen molar-refractivity contribution < 1.29 is 4.74 Å². The van der Waals surface area contributed by atoms with Gasteiger partial charge in [0.25, 0.3) is 0 Å². The third-order valence-electron chi connectivity index (χ3n) is 2.35. The molecule has 0 bridgehead atoms. The van der Waals surface area contributed by atoms with E-state index in [1.807, 2.05) is 20.8 Å². The van der Waals surface area contributed by atoms with Gasteiger partial charge in [0.05, 0.1) is 0 Å². The van der Waals surface area contributed by atoms with Crippen LogP contribution in [0.1, 0.15) is 34.6 Å². The van der Waals surface area contributed by atoms with Crippen LogP contribution in [0.3, 0.4) is 0 Å². The van der Waals surface area contributed by atoms with Crippen molar-refractivity contribution in [1.29, 1.82) is 0 Å². The maximum Gasteiger partial charge on any atom is 0.218 e. The molecule has 72 valence electrons. The summed E-state index contributed by atoms with van der Waals surface area (Å²) in [5.74, 6) is 1.44. The topological polar surface area (TPSA) is 21.6 Å². The molecule has 0 aliphatic carbocycles. The maximum atomic E-state index is 5.50. The summed E-state index contributed by atoms with van der Waals surface area (Å²) in [6.45, 7) is 14.0. The summed E-state index contributed by atoms with van der Waals surface area (Å²) in [4.78, 5) is 4.46. The lowest BCUT2D eigenvalue weighted by Crippen LogP contribution is -2.14. The third-order valence-corrected chi connectivity index (χ3v) is 2.35. The molecule has 0 spiro atoms. The van der Waals surface area contributed by atoms with E-state index in [1.165, 1.54) is 5.57 Å². The van der Waals surface area contributed by atoms with Gasteiger partial charge in [-0.25, -0.2) is 4.99 Å². The Balaban J connectivity index is 3.02. The first-order chi connectivity index (χ1) is 5.84. The molecule has 0 radical (unpaired) electrons. The van der Waals surface area contributed by atoms with Crippen LogP contribution in [0.2, 0.25) is 0 Å². The lowest BCUT2D eigenvalue weighted by molar-refractivity contribution is 0.383. The Morgan fingerprint density at radius 1 is 1.31 bits per heavy atom. The van der Waals surface area contributed by atoms with E-state index in [9.17, 15) is 0 Å². The van der Waals surface area contributed by atoms with Gasteiger partial charge in [0.1, 0.15) is 11.3 Å². The molecule has 0 aromatic rings. The molecule has 1 aliphatic heterocycles. The fraction of sp³-hybridized carbons (Fsp3) is 0.545. The fourth-order valence-corrected chi connectivity index (χ4v) is 0.955. The van der Waals surface area contributed by atoms with E-state index >= 15 is 0 Å². The summed E-state index contributed by atoms with van der Waals surface area (Å²) in [5, 5.41) is 0. The zero-order chi connectivity index (χ0) is 10.2. The molecule has 0 atom stereocenters. The first-order valence-corrected chi connectivity index (χ1v) is 4.46. The van der Waals surface area contributed by atoms with Crippen LogP contribution in [0.25, 0.3) is 0 Å². The first-order valence-electron chi connectivity index (χ1n) is 4.46. The van der Waals surface area contributed by atoms with Gasteiger partial charge in [-0.05, 0) is 34.6 Å². The third kappa shape index (κ3) is 1.82. The van der Waals surface area contributed by atoms with E-state index < -0.39 is 0 Å². The van der Waals surface area contributed by atoms with Crippen molar-refractivity contribution in [3.05, 3.63) is 23.5 Å². The summed E-state index contributed by atoms with van der Waals surface area (Å²) >= 11 is 0. The SMILES string of the molecule is C=C1OC(C(C)=C(C)C)=NC1(C)C. The molecule has 0 saturated carbocycles. The molecule has 2 heteroatoms. The second kappa shape index (κ2) is 3.02. The monoisotopic (exact) mass is 179 g/mol. The zero-order valence-corrected chi connectivity index (χ0v) is 9.06. The summed E-state index contributed by atoms with van der Waals surface area (Å²) < 4.78 is 5.50. The Labute approximate surface area is 80.0 Å². The van der Waals surface area contributed by atoms with E-state index in [4.69, 9.17) is 4.74 Å². The van der Waals surface area contributed by atoms with Crippen molar-refractivity contribution in [2.24, 2.45) is 4.99 Å². The average Bonchev–Trinajstić information content (AvgIpc) is 2.25. The van der Waals surface area contributed by atoms with Gasteiger partial charge in [0.15, 0.2) is 0 Å². The number of rotatable bonds is 1. The molecular weight excluding hydrogens is 162 g/mol. The van der Waals surface area contributed by atoms with Crippen molar-refractivity contribution in [3.63, 3.8) is 0 Å². The fourth-order valence-electron chi connectivity index (χ4n) is 0.955. The van der Waals surface area contributed by atoms with Gasteiger partial charge in [0.2, 0.25) is 5.90 Å². The van der Waals surface area contributed by atoms with Gasteiger partial charge in [-0.1, -0.05) is 12.2 Å². The number of ether oxygens (including phenoxy) is 1. The molecule has 0 aromatic heterocycles. The molecular formula is C11H17NO. The highest BCUT2D eigenvalue weighted by Gasteiger charge is 2.31. The van der Waals surface area contributed by atoms with Crippen LogP contribution >= 0.6 is 0 Å². The lowest BCUT2D eigenvalue weighted by atomic mass is 10.1. The quantitative estimate of drug-likeness (QED) is 0.606. The van der Waals surface area contributed by atoms with Crippen molar-refractivity contribution in [2.75, 3.05) is 0 Å². The standard InChI is InChI=1S/C11H17NO/c1-7(2)8(3)10-12-11(5,6)9(4)13-10/h4H2,1-3,5-6H3. The Bertz CT molecular complexity index is 304. The van der Waals surface area contributed by atoms with Crippen molar-refractivity contribution in [2.45, 2.75) is 40.2 Å². The van der Waals surface area contributed by atoms with Crippen LogP contribution in [0, 0.1) is 0 Å². The molecule has 2 nitrogen and oxygen atoms in total. The second-order valence-corrected chi connectivity index (χ2v) is 4.13. The van der Waals surface area contributed by atoms with E-state index in [2.05, 4.69) is 25.4 Å². The smallest absolute Gasteiger partial charge is 0.218 e. The summed E-state index contributed by atoms with van der Waals surface area (Å²) in [6, 6.07) is 0. The molecule has 0 unspecified atom stereocenters. The van der Waals surface area contributed by atoms with Gasteiger partial charge < -0.3 is 4.74 Å². The van der Waals surface area contributed by atoms with E-state index in [1.54, 1.807) is 0 Å². The Hall–Kier alpha value is -1.05. The predicted molar refractivity (Wildman–Crippen MR) is 55.8 cm³/mol. The predicted octanol–water partition coefficient (Wildman–Crippen LogP) is 3.06. The number of allylic oxidation sites excluding steroid dienone is 1. The highest BCUT2D eigenvalue weighted by atomic mass is 16.5. The Morgan fingerprint density at radius 2 is 1.85 bits per heavy atom. The molecule has 0 fully saturated rings. The molecule has 13 heavy (non-hydrogen) atoms. The normalized spacial score (nSPS) is 19.5. The number of aliphatic imine (C=N–C) groups is 1. The highest BCUT2D eigenvalue weighted by molar-refractivity contribution is 5.96. The van der Waals surface area contributed by atoms with E-state index in [0.29, 0.717) is 0 Å². The molecule has 1 heterocycles. The number of hydrogen-bond donors (Lipinski definition) is 0.